The van der Waals surface area contributed by atoms with Crippen LogP contribution in [0.5, 0.6) is 0 Å². The lowest BCUT2D eigenvalue weighted by molar-refractivity contribution is 0.102. The van der Waals surface area contributed by atoms with Gasteiger partial charge in [-0.15, -0.1) is 0 Å². The van der Waals surface area contributed by atoms with Crippen molar-refractivity contribution >= 4 is 28.8 Å². The molecule has 0 atom stereocenters. The van der Waals surface area contributed by atoms with E-state index in [1.165, 1.54) is 0 Å². The second-order valence-electron chi connectivity index (χ2n) is 5.92. The Bertz CT molecular complexity index is 1120. The van der Waals surface area contributed by atoms with Gasteiger partial charge < -0.3 is 5.32 Å². The molecule has 4 aromatic rings. The minimum absolute atomic E-state index is 0.264. The predicted octanol–water partition coefficient (Wildman–Crippen LogP) is 4.61. The van der Waals surface area contributed by atoms with Crippen molar-refractivity contribution in [3.05, 3.63) is 83.3 Å². The fraction of sp³-hybridized carbons (Fsp3) is 0.0500. The Labute approximate surface area is 155 Å². The zero-order chi connectivity index (χ0) is 18.1. The van der Waals surface area contributed by atoms with E-state index in [0.29, 0.717) is 16.4 Å². The molecule has 0 bridgehead atoms. The number of nitrogens with one attached hydrogen (secondary N) is 1. The molecule has 0 saturated carbocycles. The minimum Gasteiger partial charge on any atom is -0.320 e. The van der Waals surface area contributed by atoms with E-state index in [4.69, 9.17) is 11.6 Å². The zero-order valence-electron chi connectivity index (χ0n) is 14.0. The fourth-order valence-electron chi connectivity index (χ4n) is 2.75. The number of rotatable bonds is 3. The second kappa shape index (κ2) is 6.61. The molecule has 0 spiro atoms. The Morgan fingerprint density at radius 1 is 1.12 bits per heavy atom. The molecule has 6 heteroatoms. The Morgan fingerprint density at radius 2 is 1.96 bits per heavy atom. The van der Waals surface area contributed by atoms with Crippen LogP contribution in [-0.4, -0.2) is 20.5 Å². The summed E-state index contributed by atoms with van der Waals surface area (Å²) in [6.07, 6.45) is 3.44. The molecule has 0 radical (unpaired) electrons. The van der Waals surface area contributed by atoms with E-state index < -0.39 is 0 Å². The first kappa shape index (κ1) is 16.3. The maximum Gasteiger partial charge on any atom is 0.274 e. The van der Waals surface area contributed by atoms with Crippen LogP contribution >= 0.6 is 11.6 Å². The van der Waals surface area contributed by atoms with Crippen LogP contribution in [0.2, 0.25) is 5.02 Å². The zero-order valence-corrected chi connectivity index (χ0v) is 14.7. The van der Waals surface area contributed by atoms with E-state index in [-0.39, 0.29) is 5.91 Å². The third-order valence-corrected chi connectivity index (χ3v) is 4.37. The van der Waals surface area contributed by atoms with Gasteiger partial charge in [0, 0.05) is 22.5 Å². The van der Waals surface area contributed by atoms with Crippen LogP contribution in [0.4, 0.5) is 5.69 Å². The van der Waals surface area contributed by atoms with E-state index in [1.807, 2.05) is 55.5 Å². The van der Waals surface area contributed by atoms with Gasteiger partial charge in [-0.2, -0.15) is 5.10 Å². The van der Waals surface area contributed by atoms with Crippen LogP contribution in [-0.2, 0) is 0 Å². The average Bonchev–Trinajstić information content (AvgIpc) is 3.07. The van der Waals surface area contributed by atoms with Gasteiger partial charge in [0.25, 0.3) is 5.91 Å². The summed E-state index contributed by atoms with van der Waals surface area (Å²) in [5.74, 6) is -0.264. The van der Waals surface area contributed by atoms with E-state index in [9.17, 15) is 4.79 Å². The lowest BCUT2D eigenvalue weighted by Crippen LogP contribution is -2.15. The summed E-state index contributed by atoms with van der Waals surface area (Å²) in [7, 11) is 0. The number of amides is 1. The van der Waals surface area contributed by atoms with Crippen molar-refractivity contribution in [1.29, 1.82) is 0 Å². The molecule has 1 N–H and O–H groups in total. The molecule has 0 aliphatic heterocycles. The van der Waals surface area contributed by atoms with Crippen molar-refractivity contribution in [2.45, 2.75) is 6.92 Å². The number of carbonyl (C=O) groups excluding carboxylic acids is 1. The largest absolute Gasteiger partial charge is 0.320 e. The lowest BCUT2D eigenvalue weighted by atomic mass is 10.1. The van der Waals surface area contributed by atoms with E-state index in [1.54, 1.807) is 23.0 Å². The van der Waals surface area contributed by atoms with Gasteiger partial charge in [-0.3, -0.25) is 4.79 Å². The highest BCUT2D eigenvalue weighted by atomic mass is 35.5. The number of benzene rings is 2. The van der Waals surface area contributed by atoms with Crippen LogP contribution in [0.15, 0.2) is 67.0 Å². The number of hydrogen-bond donors (Lipinski definition) is 1. The molecular weight excluding hydrogens is 348 g/mol. The van der Waals surface area contributed by atoms with Gasteiger partial charge in [0.1, 0.15) is 5.69 Å². The van der Waals surface area contributed by atoms with Crippen LogP contribution in [0, 0.1) is 6.92 Å². The number of carbonyl (C=O) groups is 1. The smallest absolute Gasteiger partial charge is 0.274 e. The quantitative estimate of drug-likeness (QED) is 0.579. The van der Waals surface area contributed by atoms with Crippen molar-refractivity contribution in [2.75, 3.05) is 5.32 Å². The number of para-hydroxylation sites is 1. The Morgan fingerprint density at radius 3 is 2.77 bits per heavy atom. The third kappa shape index (κ3) is 3.05. The maximum absolute atomic E-state index is 12.6. The predicted molar refractivity (Wildman–Crippen MR) is 103 cm³/mol. The van der Waals surface area contributed by atoms with Crippen LogP contribution in [0.3, 0.4) is 0 Å². The third-order valence-electron chi connectivity index (χ3n) is 4.13. The highest BCUT2D eigenvalue weighted by molar-refractivity contribution is 6.30. The molecular formula is C20H15ClN4O. The number of anilines is 1. The molecule has 2 heterocycles. The molecule has 0 unspecified atom stereocenters. The normalized spacial score (nSPS) is 10.8. The maximum atomic E-state index is 12.6. The Kier molecular flexibility index (Phi) is 4.14. The first-order valence-corrected chi connectivity index (χ1v) is 8.47. The van der Waals surface area contributed by atoms with E-state index in [0.717, 1.165) is 22.4 Å². The van der Waals surface area contributed by atoms with Crippen LogP contribution in [0.25, 0.3) is 16.8 Å². The Hall–Kier alpha value is -3.18. The highest BCUT2D eigenvalue weighted by Gasteiger charge is 2.14. The van der Waals surface area contributed by atoms with Gasteiger partial charge in [0.2, 0.25) is 0 Å². The fourth-order valence-corrected chi connectivity index (χ4v) is 2.94. The molecule has 2 aromatic heterocycles. The van der Waals surface area contributed by atoms with Crippen LogP contribution < -0.4 is 5.32 Å². The molecule has 128 valence electrons. The first-order valence-electron chi connectivity index (χ1n) is 8.09. The SMILES string of the molecule is Cc1ccccc1NC(=O)c1ccn2ncc(-c3cccc(Cl)c3)c2n1. The molecule has 26 heavy (non-hydrogen) atoms. The van der Waals surface area contributed by atoms with Gasteiger partial charge in [-0.1, -0.05) is 41.9 Å². The van der Waals surface area contributed by atoms with E-state index in [2.05, 4.69) is 15.4 Å². The second-order valence-corrected chi connectivity index (χ2v) is 6.36. The molecule has 4 rings (SSSR count). The highest BCUT2D eigenvalue weighted by Crippen LogP contribution is 2.26. The van der Waals surface area contributed by atoms with Crippen LogP contribution in [0.1, 0.15) is 16.1 Å². The monoisotopic (exact) mass is 362 g/mol. The number of hydrogen-bond acceptors (Lipinski definition) is 3. The summed E-state index contributed by atoms with van der Waals surface area (Å²) >= 11 is 6.09. The molecule has 0 aliphatic rings. The van der Waals surface area contributed by atoms with Crippen molar-refractivity contribution in [2.24, 2.45) is 0 Å². The summed E-state index contributed by atoms with van der Waals surface area (Å²) in [5, 5.41) is 7.84. The molecule has 1 amide bonds. The number of aromatic nitrogens is 3. The number of nitrogens with zero attached hydrogens (tertiary/aromatic N) is 3. The molecule has 2 aromatic carbocycles. The average molecular weight is 363 g/mol. The first-order chi connectivity index (χ1) is 12.6. The standard InChI is InChI=1S/C20H15ClN4O/c1-13-5-2-3-8-17(13)24-20(26)18-9-10-25-19(23-18)16(12-22-25)14-6-4-7-15(21)11-14/h2-12H,1H3,(H,24,26). The molecule has 5 nitrogen and oxygen atoms in total. The lowest BCUT2D eigenvalue weighted by Gasteiger charge is -2.08. The van der Waals surface area contributed by atoms with Crippen molar-refractivity contribution < 1.29 is 4.79 Å². The molecule has 0 fully saturated rings. The summed E-state index contributed by atoms with van der Waals surface area (Å²) in [4.78, 5) is 17.1. The van der Waals surface area contributed by atoms with Crippen molar-refractivity contribution in [3.8, 4) is 11.1 Å². The van der Waals surface area contributed by atoms with Gasteiger partial charge in [-0.25, -0.2) is 9.50 Å². The number of aryl methyl sites for hydroxylation is 1. The van der Waals surface area contributed by atoms with Gasteiger partial charge in [0.05, 0.1) is 6.20 Å². The minimum atomic E-state index is -0.264. The van der Waals surface area contributed by atoms with Crippen molar-refractivity contribution in [1.82, 2.24) is 14.6 Å². The van der Waals surface area contributed by atoms with Gasteiger partial charge >= 0.3 is 0 Å². The van der Waals surface area contributed by atoms with Crippen molar-refractivity contribution in [3.63, 3.8) is 0 Å². The summed E-state index contributed by atoms with van der Waals surface area (Å²) in [5.41, 5.74) is 4.40. The summed E-state index contributed by atoms with van der Waals surface area (Å²) < 4.78 is 1.64. The van der Waals surface area contributed by atoms with Gasteiger partial charge in [-0.05, 0) is 42.3 Å². The molecule has 0 aliphatic carbocycles. The number of fused-ring (bicyclic) bond motifs is 1. The summed E-state index contributed by atoms with van der Waals surface area (Å²) in [6, 6.07) is 16.7. The number of halogens is 1. The topological polar surface area (TPSA) is 59.3 Å². The van der Waals surface area contributed by atoms with Gasteiger partial charge in [0.15, 0.2) is 5.65 Å². The molecule has 0 saturated heterocycles. The summed E-state index contributed by atoms with van der Waals surface area (Å²) in [6.45, 7) is 1.94. The Balaban J connectivity index is 1.72. The van der Waals surface area contributed by atoms with E-state index >= 15 is 0 Å².